The number of nitrogens with zero attached hydrogens (tertiary/aromatic N) is 2. The summed E-state index contributed by atoms with van der Waals surface area (Å²) in [6.07, 6.45) is 1.02. The third-order valence-corrected chi connectivity index (χ3v) is 12.8. The molecule has 2 nitrogen and oxygen atoms in total. The van der Waals surface area contributed by atoms with E-state index in [0.717, 1.165) is 6.42 Å². The zero-order valence-electron chi connectivity index (χ0n) is 28.7. The molecule has 0 amide bonds. The zero-order valence-corrected chi connectivity index (χ0v) is 28.7. The molecule has 13 rings (SSSR count). The van der Waals surface area contributed by atoms with Crippen LogP contribution in [0.15, 0.2) is 152 Å². The van der Waals surface area contributed by atoms with Crippen LogP contribution in [0.5, 0.6) is 0 Å². The van der Waals surface area contributed by atoms with Crippen molar-refractivity contribution in [2.24, 2.45) is 0 Å². The highest BCUT2D eigenvalue weighted by Crippen LogP contribution is 2.54. The molecule has 0 spiro atoms. The first-order chi connectivity index (χ1) is 25.8. The van der Waals surface area contributed by atoms with Crippen molar-refractivity contribution in [1.82, 2.24) is 4.40 Å². The third-order valence-electron chi connectivity index (χ3n) is 12.8. The molecule has 3 heteroatoms. The predicted molar refractivity (Wildman–Crippen MR) is 220 cm³/mol. The second kappa shape index (κ2) is 9.51. The zero-order chi connectivity index (χ0) is 33.8. The Bertz CT molecular complexity index is 3200. The molecule has 52 heavy (non-hydrogen) atoms. The van der Waals surface area contributed by atoms with Crippen molar-refractivity contribution in [3.05, 3.63) is 174 Å². The fourth-order valence-corrected chi connectivity index (χ4v) is 10.9. The summed E-state index contributed by atoms with van der Waals surface area (Å²) < 4.78 is 2.54. The highest BCUT2D eigenvalue weighted by molar-refractivity contribution is 6.92. The first-order valence-corrected chi connectivity index (χ1v) is 18.6. The van der Waals surface area contributed by atoms with Crippen LogP contribution in [0.2, 0.25) is 0 Å². The Labute approximate surface area is 301 Å². The van der Waals surface area contributed by atoms with E-state index in [1.807, 2.05) is 0 Å². The molecule has 0 N–H and O–H groups in total. The third kappa shape index (κ3) is 3.16. The molecule has 10 aromatic rings. The Kier molecular flexibility index (Phi) is 5.01. The summed E-state index contributed by atoms with van der Waals surface area (Å²) in [5, 5.41) is 7.96. The number of anilines is 2. The van der Waals surface area contributed by atoms with Gasteiger partial charge in [0.1, 0.15) is 0 Å². The number of hydrogen-bond donors (Lipinski definition) is 0. The second-order valence-electron chi connectivity index (χ2n) is 15.2. The van der Waals surface area contributed by atoms with Crippen LogP contribution in [0.3, 0.4) is 0 Å². The van der Waals surface area contributed by atoms with Crippen molar-refractivity contribution in [2.45, 2.75) is 19.3 Å². The minimum absolute atomic E-state index is 0.0158. The fraction of sp³-hybridized carbons (Fsp3) is 0.0612. The molecular formula is C49H31BN2. The topological polar surface area (TPSA) is 7.65 Å². The summed E-state index contributed by atoms with van der Waals surface area (Å²) in [7, 11) is 0. The Morgan fingerprint density at radius 3 is 2.29 bits per heavy atom. The van der Waals surface area contributed by atoms with Gasteiger partial charge in [0, 0.05) is 44.4 Å². The average Bonchev–Trinajstić information content (AvgIpc) is 3.72. The van der Waals surface area contributed by atoms with Gasteiger partial charge in [0.25, 0.3) is 0 Å². The van der Waals surface area contributed by atoms with E-state index in [1.54, 1.807) is 0 Å². The first-order valence-electron chi connectivity index (χ1n) is 18.6. The van der Waals surface area contributed by atoms with Gasteiger partial charge in [-0.25, -0.2) is 0 Å². The molecule has 2 aliphatic heterocycles. The van der Waals surface area contributed by atoms with Gasteiger partial charge in [0.15, 0.2) is 0 Å². The van der Waals surface area contributed by atoms with Crippen molar-refractivity contribution in [3.8, 4) is 22.3 Å². The predicted octanol–water partition coefficient (Wildman–Crippen LogP) is 10.9. The summed E-state index contributed by atoms with van der Waals surface area (Å²) in [5.74, 6) is 0.297. The van der Waals surface area contributed by atoms with E-state index >= 15 is 0 Å². The maximum absolute atomic E-state index is 2.75. The monoisotopic (exact) mass is 658 g/mol. The number of rotatable bonds is 1. The summed E-state index contributed by atoms with van der Waals surface area (Å²) in [4.78, 5) is 2.75. The molecule has 1 atom stereocenters. The van der Waals surface area contributed by atoms with Crippen LogP contribution in [0.25, 0.3) is 71.1 Å². The normalized spacial score (nSPS) is 15.4. The minimum atomic E-state index is 0.0158. The Morgan fingerprint density at radius 1 is 0.596 bits per heavy atom. The standard InChI is InChI=1S/C49H31BN2/c1-28-12-2-8-22-41(28)52-49-37(24-25-43-46(49)36-20-10-19-35-33-17-7-9-23-42(33)51(43)48(35)36)45-32-16-6-4-14-30(32)27-39-38-26-29-13-3-5-15-31(29)34-18-11-21-40(44(34)38)50(52)47(39)45/h2-25,27,38H,26H2,1H3. The van der Waals surface area contributed by atoms with Gasteiger partial charge < -0.3 is 9.21 Å². The summed E-state index contributed by atoms with van der Waals surface area (Å²) in [6, 6.07) is 57.7. The molecular weight excluding hydrogens is 627 g/mol. The van der Waals surface area contributed by atoms with E-state index in [-0.39, 0.29) is 6.85 Å². The van der Waals surface area contributed by atoms with Gasteiger partial charge in [-0.2, -0.15) is 0 Å². The quantitative estimate of drug-likeness (QED) is 0.159. The number of fused-ring (bicyclic) bond motifs is 15. The number of hydrogen-bond acceptors (Lipinski definition) is 1. The van der Waals surface area contributed by atoms with Gasteiger partial charge in [-0.15, -0.1) is 0 Å². The maximum atomic E-state index is 2.75. The van der Waals surface area contributed by atoms with Gasteiger partial charge >= 0.3 is 6.85 Å². The number of benzene rings is 8. The number of aromatic nitrogens is 1. The molecule has 8 aromatic carbocycles. The Balaban J connectivity index is 1.27. The molecule has 1 unspecified atom stereocenters. The molecule has 0 radical (unpaired) electrons. The smallest absolute Gasteiger partial charge is 0.329 e. The molecule has 240 valence electrons. The Morgan fingerprint density at radius 2 is 1.35 bits per heavy atom. The van der Waals surface area contributed by atoms with Crippen LogP contribution < -0.4 is 15.7 Å². The highest BCUT2D eigenvalue weighted by atomic mass is 15.1. The van der Waals surface area contributed by atoms with Gasteiger partial charge in [-0.3, -0.25) is 0 Å². The van der Waals surface area contributed by atoms with Crippen LogP contribution in [-0.2, 0) is 6.42 Å². The molecule has 0 saturated heterocycles. The fourth-order valence-electron chi connectivity index (χ4n) is 10.9. The van der Waals surface area contributed by atoms with Crippen LogP contribution in [-0.4, -0.2) is 11.2 Å². The number of para-hydroxylation sites is 3. The summed E-state index contributed by atoms with van der Waals surface area (Å²) >= 11 is 0. The lowest BCUT2D eigenvalue weighted by atomic mass is 9.39. The second-order valence-corrected chi connectivity index (χ2v) is 15.2. The minimum Gasteiger partial charge on any atom is -0.376 e. The van der Waals surface area contributed by atoms with Crippen molar-refractivity contribution >= 4 is 78.0 Å². The van der Waals surface area contributed by atoms with E-state index < -0.39 is 0 Å². The van der Waals surface area contributed by atoms with Crippen LogP contribution in [0.4, 0.5) is 11.4 Å². The molecule has 3 aliphatic rings. The van der Waals surface area contributed by atoms with Crippen LogP contribution in [0.1, 0.15) is 28.2 Å². The SMILES string of the molecule is Cc1ccccc1N1B2c3cccc4c3C(Cc3ccccc3-4)c3cc4ccccc4c(c32)-c2ccc3c(c21)c1cccc2c4ccccc4n3c21. The van der Waals surface area contributed by atoms with Crippen molar-refractivity contribution in [1.29, 1.82) is 0 Å². The van der Waals surface area contributed by atoms with Crippen molar-refractivity contribution in [3.63, 3.8) is 0 Å². The van der Waals surface area contributed by atoms with Crippen molar-refractivity contribution < 1.29 is 0 Å². The highest BCUT2D eigenvalue weighted by Gasteiger charge is 2.48. The van der Waals surface area contributed by atoms with E-state index in [0.29, 0.717) is 5.92 Å². The average molecular weight is 659 g/mol. The molecule has 0 fully saturated rings. The lowest BCUT2D eigenvalue weighted by molar-refractivity contribution is 0.799. The van der Waals surface area contributed by atoms with Crippen LogP contribution >= 0.6 is 0 Å². The van der Waals surface area contributed by atoms with E-state index in [4.69, 9.17) is 0 Å². The molecule has 0 bridgehead atoms. The Hall–Kier alpha value is -6.32. The van der Waals surface area contributed by atoms with Gasteiger partial charge in [0.05, 0.1) is 16.6 Å². The summed E-state index contributed by atoms with van der Waals surface area (Å²) in [6.45, 7) is 2.30. The van der Waals surface area contributed by atoms with Crippen molar-refractivity contribution in [2.75, 3.05) is 4.81 Å². The van der Waals surface area contributed by atoms with Gasteiger partial charge in [-0.1, -0.05) is 133 Å². The molecule has 4 heterocycles. The molecule has 0 saturated carbocycles. The van der Waals surface area contributed by atoms with E-state index in [2.05, 4.69) is 168 Å². The lowest BCUT2D eigenvalue weighted by Crippen LogP contribution is -2.62. The molecule has 1 aliphatic carbocycles. The van der Waals surface area contributed by atoms with E-state index in [9.17, 15) is 0 Å². The first kappa shape index (κ1) is 27.4. The maximum Gasteiger partial charge on any atom is 0.329 e. The van der Waals surface area contributed by atoms with Gasteiger partial charge in [-0.05, 0) is 92.2 Å². The molecule has 2 aromatic heterocycles. The van der Waals surface area contributed by atoms with E-state index in [1.165, 1.54) is 116 Å². The number of aryl methyl sites for hydroxylation is 1. The lowest BCUT2D eigenvalue weighted by Gasteiger charge is -2.47. The van der Waals surface area contributed by atoms with Crippen LogP contribution in [0, 0.1) is 6.92 Å². The largest absolute Gasteiger partial charge is 0.376 e. The summed E-state index contributed by atoms with van der Waals surface area (Å²) in [5.41, 5.74) is 20.6. The van der Waals surface area contributed by atoms with Gasteiger partial charge in [0.2, 0.25) is 0 Å².